The van der Waals surface area contributed by atoms with E-state index in [1.165, 1.54) is 16.6 Å². The van der Waals surface area contributed by atoms with Crippen LogP contribution in [0.25, 0.3) is 0 Å². The highest BCUT2D eigenvalue weighted by molar-refractivity contribution is 9.10. The van der Waals surface area contributed by atoms with E-state index in [1.54, 1.807) is 0 Å². The molecule has 0 fully saturated rings. The largest absolute Gasteiger partial charge is 0.303 e. The van der Waals surface area contributed by atoms with Gasteiger partial charge in [-0.15, -0.1) is 0 Å². The zero-order valence-corrected chi connectivity index (χ0v) is 15.7. The summed E-state index contributed by atoms with van der Waals surface area (Å²) in [6.07, 6.45) is 1.29. The van der Waals surface area contributed by atoms with Gasteiger partial charge in [-0.1, -0.05) is 32.4 Å². The number of pyridine rings is 1. The van der Waals surface area contributed by atoms with Crippen LogP contribution in [0.4, 0.5) is 0 Å². The molecule has 0 aromatic carbocycles. The fourth-order valence-corrected chi connectivity index (χ4v) is 3.95. The number of rotatable bonds is 8. The molecule has 1 heterocycles. The molecule has 5 nitrogen and oxygen atoms in total. The summed E-state index contributed by atoms with van der Waals surface area (Å²) in [6, 6.07) is 1.49. The molecule has 1 rings (SSSR count). The summed E-state index contributed by atoms with van der Waals surface area (Å²) in [5.74, 6) is 0. The first-order valence-electron chi connectivity index (χ1n) is 6.90. The molecular weight excluding hydrogens is 378 g/mol. The number of aromatic nitrogens is 1. The second kappa shape index (κ2) is 8.43. The van der Waals surface area contributed by atoms with E-state index < -0.39 is 10.0 Å². The molecule has 0 saturated heterocycles. The SMILES string of the molecule is CCN(CC)CCN(CC)S(=O)(=O)c1cnc(Cl)c(Br)c1. The van der Waals surface area contributed by atoms with Gasteiger partial charge in [-0.2, -0.15) is 4.31 Å². The molecule has 0 N–H and O–H groups in total. The Labute approximate surface area is 140 Å². The summed E-state index contributed by atoms with van der Waals surface area (Å²) < 4.78 is 27.2. The van der Waals surface area contributed by atoms with Gasteiger partial charge in [-0.3, -0.25) is 0 Å². The first-order valence-corrected chi connectivity index (χ1v) is 9.51. The highest BCUT2D eigenvalue weighted by atomic mass is 79.9. The summed E-state index contributed by atoms with van der Waals surface area (Å²) in [4.78, 5) is 6.23. The van der Waals surface area contributed by atoms with Crippen molar-refractivity contribution in [1.82, 2.24) is 14.2 Å². The molecule has 120 valence electrons. The number of nitrogens with zero attached hydrogens (tertiary/aromatic N) is 3. The van der Waals surface area contributed by atoms with Crippen molar-refractivity contribution in [2.24, 2.45) is 0 Å². The molecule has 0 saturated carbocycles. The molecule has 0 aliphatic carbocycles. The molecule has 1 aromatic heterocycles. The molecule has 0 atom stereocenters. The molecule has 8 heteroatoms. The Bertz CT molecular complexity index is 565. The summed E-state index contributed by atoms with van der Waals surface area (Å²) in [6.45, 7) is 9.36. The van der Waals surface area contributed by atoms with Gasteiger partial charge in [0.2, 0.25) is 10.0 Å². The van der Waals surface area contributed by atoms with Gasteiger partial charge in [0.15, 0.2) is 0 Å². The van der Waals surface area contributed by atoms with E-state index in [0.717, 1.165) is 13.1 Å². The van der Waals surface area contributed by atoms with E-state index in [9.17, 15) is 8.42 Å². The number of halogens is 2. The maximum absolute atomic E-state index is 12.6. The quantitative estimate of drug-likeness (QED) is 0.632. The molecule has 0 unspecified atom stereocenters. The summed E-state index contributed by atoms with van der Waals surface area (Å²) >= 11 is 9.02. The second-order valence-electron chi connectivity index (χ2n) is 4.47. The molecule has 0 radical (unpaired) electrons. The van der Waals surface area contributed by atoms with E-state index in [2.05, 4.69) is 39.7 Å². The first kappa shape index (κ1) is 18.8. The van der Waals surface area contributed by atoms with E-state index in [0.29, 0.717) is 24.1 Å². The van der Waals surface area contributed by atoms with Crippen molar-refractivity contribution >= 4 is 37.6 Å². The van der Waals surface area contributed by atoms with E-state index in [1.807, 2.05) is 6.92 Å². The molecule has 0 bridgehead atoms. The Kier molecular flexibility index (Phi) is 7.56. The van der Waals surface area contributed by atoms with Crippen LogP contribution in [0.3, 0.4) is 0 Å². The number of sulfonamides is 1. The predicted molar refractivity (Wildman–Crippen MR) is 89.2 cm³/mol. The van der Waals surface area contributed by atoms with E-state index >= 15 is 0 Å². The standard InChI is InChI=1S/C13H21BrClN3O2S/c1-4-17(5-2)7-8-18(6-3)21(19,20)11-9-12(14)13(15)16-10-11/h9-10H,4-8H2,1-3H3. The minimum absolute atomic E-state index is 0.153. The van der Waals surface area contributed by atoms with Gasteiger partial charge >= 0.3 is 0 Å². The van der Waals surface area contributed by atoms with Crippen molar-refractivity contribution in [3.63, 3.8) is 0 Å². The lowest BCUT2D eigenvalue weighted by molar-refractivity contribution is 0.274. The maximum atomic E-state index is 12.6. The average molecular weight is 399 g/mol. The molecule has 0 spiro atoms. The molecule has 0 amide bonds. The van der Waals surface area contributed by atoms with Gasteiger partial charge in [-0.05, 0) is 35.1 Å². The van der Waals surface area contributed by atoms with Gasteiger partial charge in [-0.25, -0.2) is 13.4 Å². The van der Waals surface area contributed by atoms with Gasteiger partial charge < -0.3 is 4.90 Å². The molecule has 0 aliphatic heterocycles. The van der Waals surface area contributed by atoms with Gasteiger partial charge in [0.1, 0.15) is 10.0 Å². The van der Waals surface area contributed by atoms with Crippen LogP contribution in [0.1, 0.15) is 20.8 Å². The van der Waals surface area contributed by atoms with Gasteiger partial charge in [0.25, 0.3) is 0 Å². The topological polar surface area (TPSA) is 53.5 Å². The molecular formula is C13H21BrClN3O2S. The fourth-order valence-electron chi connectivity index (χ4n) is 1.93. The summed E-state index contributed by atoms with van der Waals surface area (Å²) in [5.41, 5.74) is 0. The maximum Gasteiger partial charge on any atom is 0.244 e. The first-order chi connectivity index (χ1) is 9.86. The van der Waals surface area contributed by atoms with Crippen LogP contribution in [0.15, 0.2) is 21.6 Å². The summed E-state index contributed by atoms with van der Waals surface area (Å²) in [7, 11) is -3.55. The van der Waals surface area contributed by atoms with Crippen LogP contribution in [0, 0.1) is 0 Å². The zero-order chi connectivity index (χ0) is 16.0. The normalized spacial score (nSPS) is 12.3. The van der Waals surface area contributed by atoms with Crippen molar-refractivity contribution in [3.8, 4) is 0 Å². The Balaban J connectivity index is 2.94. The lowest BCUT2D eigenvalue weighted by Crippen LogP contribution is -2.38. The van der Waals surface area contributed by atoms with Crippen molar-refractivity contribution in [3.05, 3.63) is 21.9 Å². The van der Waals surface area contributed by atoms with Crippen molar-refractivity contribution in [2.45, 2.75) is 25.7 Å². The lowest BCUT2D eigenvalue weighted by Gasteiger charge is -2.24. The van der Waals surface area contributed by atoms with Crippen LogP contribution >= 0.6 is 27.5 Å². The Morgan fingerprint density at radius 3 is 2.29 bits per heavy atom. The fraction of sp³-hybridized carbons (Fsp3) is 0.615. The van der Waals surface area contributed by atoms with Crippen LogP contribution in [0.5, 0.6) is 0 Å². The Morgan fingerprint density at radius 2 is 1.81 bits per heavy atom. The minimum Gasteiger partial charge on any atom is -0.303 e. The monoisotopic (exact) mass is 397 g/mol. The third-order valence-corrected chi connectivity index (χ3v) is 6.40. The van der Waals surface area contributed by atoms with E-state index in [4.69, 9.17) is 11.6 Å². The van der Waals surface area contributed by atoms with Crippen LogP contribution in [-0.2, 0) is 10.0 Å². The third kappa shape index (κ3) is 4.89. The minimum atomic E-state index is -3.55. The third-order valence-electron chi connectivity index (χ3n) is 3.32. The smallest absolute Gasteiger partial charge is 0.244 e. The highest BCUT2D eigenvalue weighted by Gasteiger charge is 2.24. The Morgan fingerprint density at radius 1 is 1.19 bits per heavy atom. The zero-order valence-electron chi connectivity index (χ0n) is 12.5. The molecule has 1 aromatic rings. The van der Waals surface area contributed by atoms with Crippen LogP contribution < -0.4 is 0 Å². The van der Waals surface area contributed by atoms with Crippen molar-refractivity contribution in [1.29, 1.82) is 0 Å². The second-order valence-corrected chi connectivity index (χ2v) is 7.62. The lowest BCUT2D eigenvalue weighted by atomic mass is 10.4. The van der Waals surface area contributed by atoms with Gasteiger partial charge in [0.05, 0.1) is 4.47 Å². The predicted octanol–water partition coefficient (Wildman–Crippen LogP) is 2.85. The number of hydrogen-bond donors (Lipinski definition) is 0. The summed E-state index contributed by atoms with van der Waals surface area (Å²) in [5, 5.41) is 0.250. The Hall–Kier alpha value is -0.210. The molecule has 21 heavy (non-hydrogen) atoms. The van der Waals surface area contributed by atoms with E-state index in [-0.39, 0.29) is 10.0 Å². The van der Waals surface area contributed by atoms with Crippen LogP contribution in [0.2, 0.25) is 5.15 Å². The van der Waals surface area contributed by atoms with Gasteiger partial charge in [0, 0.05) is 25.8 Å². The average Bonchev–Trinajstić information content (AvgIpc) is 2.46. The van der Waals surface area contributed by atoms with Crippen LogP contribution in [-0.4, -0.2) is 55.3 Å². The molecule has 0 aliphatic rings. The number of hydrogen-bond acceptors (Lipinski definition) is 4. The highest BCUT2D eigenvalue weighted by Crippen LogP contribution is 2.24. The van der Waals surface area contributed by atoms with Crippen molar-refractivity contribution in [2.75, 3.05) is 32.7 Å². The number of likely N-dealkylation sites (N-methyl/N-ethyl adjacent to an activating group) is 2. The van der Waals surface area contributed by atoms with Crippen molar-refractivity contribution < 1.29 is 8.42 Å².